The lowest BCUT2D eigenvalue weighted by Gasteiger charge is -2.37. The molecule has 0 unspecified atom stereocenters. The zero-order valence-electron chi connectivity index (χ0n) is 17.6. The first-order chi connectivity index (χ1) is 14.5. The van der Waals surface area contributed by atoms with Crippen LogP contribution in [-0.2, 0) is 4.79 Å². The number of nitrogens with zero attached hydrogens (tertiary/aromatic N) is 3. The Morgan fingerprint density at radius 2 is 1.87 bits per heavy atom. The van der Waals surface area contributed by atoms with Crippen LogP contribution in [0.4, 0.5) is 5.69 Å². The van der Waals surface area contributed by atoms with Crippen molar-refractivity contribution in [3.8, 4) is 6.07 Å². The lowest BCUT2D eigenvalue weighted by molar-refractivity contribution is -0.122. The van der Waals surface area contributed by atoms with E-state index in [0.29, 0.717) is 30.3 Å². The van der Waals surface area contributed by atoms with Gasteiger partial charge in [0.1, 0.15) is 0 Å². The summed E-state index contributed by atoms with van der Waals surface area (Å²) in [5.74, 6) is 0.868. The van der Waals surface area contributed by atoms with Crippen molar-refractivity contribution >= 4 is 34.8 Å². The zero-order valence-corrected chi connectivity index (χ0v) is 19.1. The van der Waals surface area contributed by atoms with Crippen LogP contribution in [0, 0.1) is 17.2 Å². The van der Waals surface area contributed by atoms with Crippen LogP contribution < -0.4 is 10.2 Å². The number of amides is 1. The van der Waals surface area contributed by atoms with Crippen molar-refractivity contribution in [2.45, 2.75) is 57.4 Å². The van der Waals surface area contributed by atoms with Crippen molar-refractivity contribution in [1.29, 1.82) is 5.26 Å². The highest BCUT2D eigenvalue weighted by Crippen LogP contribution is 2.30. The van der Waals surface area contributed by atoms with Gasteiger partial charge in [0.2, 0.25) is 5.91 Å². The molecule has 5 nitrogen and oxygen atoms in total. The second-order valence-electron chi connectivity index (χ2n) is 8.51. The number of carbonyl (C=O) groups excluding carboxylic acids is 1. The Morgan fingerprint density at radius 3 is 2.53 bits per heavy atom. The maximum Gasteiger partial charge on any atom is 0.220 e. The predicted octanol–water partition coefficient (Wildman–Crippen LogP) is 4.87. The van der Waals surface area contributed by atoms with Crippen LogP contribution in [0.5, 0.6) is 0 Å². The van der Waals surface area contributed by atoms with Gasteiger partial charge in [-0.25, -0.2) is 0 Å². The van der Waals surface area contributed by atoms with Gasteiger partial charge in [0.05, 0.1) is 16.8 Å². The third-order valence-electron chi connectivity index (χ3n) is 6.38. The summed E-state index contributed by atoms with van der Waals surface area (Å²) in [6.45, 7) is 5.26. The van der Waals surface area contributed by atoms with E-state index >= 15 is 0 Å². The van der Waals surface area contributed by atoms with Gasteiger partial charge in [-0.1, -0.05) is 23.2 Å². The van der Waals surface area contributed by atoms with E-state index in [9.17, 15) is 4.79 Å². The van der Waals surface area contributed by atoms with Gasteiger partial charge in [0.25, 0.3) is 0 Å². The van der Waals surface area contributed by atoms with Crippen molar-refractivity contribution < 1.29 is 4.79 Å². The fraction of sp³-hybridized carbons (Fsp3) is 0.652. The fourth-order valence-electron chi connectivity index (χ4n) is 4.54. The highest BCUT2D eigenvalue weighted by Gasteiger charge is 2.24. The topological polar surface area (TPSA) is 59.4 Å². The molecule has 1 saturated heterocycles. The quantitative estimate of drug-likeness (QED) is 0.573. The number of anilines is 1. The van der Waals surface area contributed by atoms with Gasteiger partial charge in [0.15, 0.2) is 0 Å². The Kier molecular flexibility index (Phi) is 9.11. The Balaban J connectivity index is 1.31. The molecule has 164 valence electrons. The number of nitriles is 1. The lowest BCUT2D eigenvalue weighted by Crippen LogP contribution is -2.47. The van der Waals surface area contributed by atoms with E-state index in [-0.39, 0.29) is 5.91 Å². The van der Waals surface area contributed by atoms with E-state index in [0.717, 1.165) is 62.2 Å². The molecule has 0 spiro atoms. The molecule has 1 aliphatic carbocycles. The second-order valence-corrected chi connectivity index (χ2v) is 9.35. The monoisotopic (exact) mass is 450 g/mol. The van der Waals surface area contributed by atoms with Gasteiger partial charge in [-0.15, -0.1) is 0 Å². The SMILES string of the molecule is N#CCCCC(=O)N[C@H]1CC[C@H](CCN2CCN(c3ccc(Cl)cc3Cl)CC2)CC1. The number of hydrogen-bond acceptors (Lipinski definition) is 4. The number of rotatable bonds is 8. The number of carbonyl (C=O) groups is 1. The number of unbranched alkanes of at least 4 members (excludes halogenated alkanes) is 1. The van der Waals surface area contributed by atoms with E-state index in [2.05, 4.69) is 21.2 Å². The van der Waals surface area contributed by atoms with Crippen LogP contribution in [0.25, 0.3) is 0 Å². The Bertz CT molecular complexity index is 735. The number of benzene rings is 1. The first-order valence-electron chi connectivity index (χ1n) is 11.1. The minimum absolute atomic E-state index is 0.104. The molecule has 7 heteroatoms. The summed E-state index contributed by atoms with van der Waals surface area (Å²) in [5, 5.41) is 13.1. The molecule has 0 bridgehead atoms. The summed E-state index contributed by atoms with van der Waals surface area (Å²) in [4.78, 5) is 16.8. The van der Waals surface area contributed by atoms with Crippen LogP contribution in [0.15, 0.2) is 18.2 Å². The van der Waals surface area contributed by atoms with Crippen molar-refractivity contribution in [2.75, 3.05) is 37.6 Å². The molecule has 30 heavy (non-hydrogen) atoms. The van der Waals surface area contributed by atoms with Crippen LogP contribution in [-0.4, -0.2) is 49.6 Å². The third-order valence-corrected chi connectivity index (χ3v) is 6.92. The third kappa shape index (κ3) is 7.04. The van der Waals surface area contributed by atoms with Crippen LogP contribution in [0.3, 0.4) is 0 Å². The summed E-state index contributed by atoms with van der Waals surface area (Å²) < 4.78 is 0. The largest absolute Gasteiger partial charge is 0.368 e. The minimum Gasteiger partial charge on any atom is -0.368 e. The van der Waals surface area contributed by atoms with Gasteiger partial charge in [-0.05, 0) is 69.2 Å². The van der Waals surface area contributed by atoms with Crippen LogP contribution >= 0.6 is 23.2 Å². The average molecular weight is 451 g/mol. The summed E-state index contributed by atoms with van der Waals surface area (Å²) >= 11 is 12.4. The summed E-state index contributed by atoms with van der Waals surface area (Å²) in [6.07, 6.45) is 7.39. The van der Waals surface area contributed by atoms with Gasteiger partial charge in [0, 0.05) is 50.1 Å². The fourth-order valence-corrected chi connectivity index (χ4v) is 5.07. The normalized spacial score (nSPS) is 22.5. The van der Waals surface area contributed by atoms with E-state index in [1.54, 1.807) is 0 Å². The maximum absolute atomic E-state index is 11.9. The molecular formula is C23H32Cl2N4O. The molecular weight excluding hydrogens is 419 g/mol. The van der Waals surface area contributed by atoms with Gasteiger partial charge < -0.3 is 10.2 Å². The number of hydrogen-bond donors (Lipinski definition) is 1. The Morgan fingerprint density at radius 1 is 1.13 bits per heavy atom. The van der Waals surface area contributed by atoms with Crippen molar-refractivity contribution in [3.05, 3.63) is 28.2 Å². The highest BCUT2D eigenvalue weighted by atomic mass is 35.5. The molecule has 3 rings (SSSR count). The van der Waals surface area contributed by atoms with Gasteiger partial charge >= 0.3 is 0 Å². The van der Waals surface area contributed by atoms with Crippen molar-refractivity contribution in [3.63, 3.8) is 0 Å². The van der Waals surface area contributed by atoms with E-state index in [1.807, 2.05) is 18.2 Å². The standard InChI is InChI=1S/C23H32Cl2N4O/c24-19-6-9-22(21(25)17-19)29-15-13-28(14-16-29)12-10-18-4-7-20(8-5-18)27-23(30)3-1-2-11-26/h6,9,17-18,20H,1-5,7-8,10,12-16H2,(H,27,30)/t18-,20-. The molecule has 1 aromatic carbocycles. The molecule has 2 fully saturated rings. The Hall–Kier alpha value is -1.48. The highest BCUT2D eigenvalue weighted by molar-refractivity contribution is 6.36. The van der Waals surface area contributed by atoms with Crippen LogP contribution in [0.2, 0.25) is 10.0 Å². The zero-order chi connectivity index (χ0) is 21.3. The Labute approximate surface area is 190 Å². The second kappa shape index (κ2) is 11.8. The summed E-state index contributed by atoms with van der Waals surface area (Å²) in [7, 11) is 0. The molecule has 2 aliphatic rings. The van der Waals surface area contributed by atoms with Gasteiger partial charge in [-0.3, -0.25) is 9.69 Å². The first kappa shape index (κ1) is 23.2. The first-order valence-corrected chi connectivity index (χ1v) is 11.9. The number of halogens is 2. The van der Waals surface area contributed by atoms with Crippen molar-refractivity contribution in [1.82, 2.24) is 10.2 Å². The molecule has 1 amide bonds. The van der Waals surface area contributed by atoms with E-state index in [1.165, 1.54) is 19.3 Å². The number of nitrogens with one attached hydrogen (secondary N) is 1. The minimum atomic E-state index is 0.104. The smallest absolute Gasteiger partial charge is 0.220 e. The predicted molar refractivity (Wildman–Crippen MR) is 123 cm³/mol. The molecule has 0 atom stereocenters. The van der Waals surface area contributed by atoms with Crippen molar-refractivity contribution in [2.24, 2.45) is 5.92 Å². The van der Waals surface area contributed by atoms with E-state index in [4.69, 9.17) is 28.5 Å². The molecule has 1 aromatic rings. The number of piperazine rings is 1. The average Bonchev–Trinajstić information content (AvgIpc) is 2.74. The van der Waals surface area contributed by atoms with Gasteiger partial charge in [-0.2, -0.15) is 5.26 Å². The molecule has 0 aromatic heterocycles. The van der Waals surface area contributed by atoms with E-state index < -0.39 is 0 Å². The molecule has 1 saturated carbocycles. The molecule has 0 radical (unpaired) electrons. The maximum atomic E-state index is 11.9. The summed E-state index contributed by atoms with van der Waals surface area (Å²) in [6, 6.07) is 8.15. The van der Waals surface area contributed by atoms with Crippen LogP contribution in [0.1, 0.15) is 51.4 Å². The molecule has 1 heterocycles. The summed E-state index contributed by atoms with van der Waals surface area (Å²) in [5.41, 5.74) is 1.08. The molecule has 1 N–H and O–H groups in total. The lowest BCUT2D eigenvalue weighted by atomic mass is 9.84. The molecule has 1 aliphatic heterocycles.